The van der Waals surface area contributed by atoms with Crippen molar-refractivity contribution in [2.45, 2.75) is 39.9 Å². The first-order valence-corrected chi connectivity index (χ1v) is 6.62. The number of benzene rings is 1. The molecule has 0 bridgehead atoms. The fraction of sp³-hybridized carbons (Fsp3) is 0.400. The summed E-state index contributed by atoms with van der Waals surface area (Å²) in [5, 5.41) is 13.7. The van der Waals surface area contributed by atoms with Crippen LogP contribution in [0.3, 0.4) is 0 Å². The van der Waals surface area contributed by atoms with Crippen LogP contribution >= 0.6 is 0 Å². The first kappa shape index (κ1) is 13.6. The highest BCUT2D eigenvalue weighted by Gasteiger charge is 2.15. The van der Waals surface area contributed by atoms with Crippen LogP contribution in [-0.2, 0) is 13.1 Å². The number of fused-ring (bicyclic) bond motifs is 1. The Morgan fingerprint density at radius 1 is 1.42 bits per heavy atom. The lowest BCUT2D eigenvalue weighted by Gasteiger charge is -2.06. The summed E-state index contributed by atoms with van der Waals surface area (Å²) in [6.45, 7) is 7.74. The van der Waals surface area contributed by atoms with Crippen molar-refractivity contribution in [2.24, 2.45) is 0 Å². The van der Waals surface area contributed by atoms with E-state index in [-0.39, 0.29) is 0 Å². The third kappa shape index (κ3) is 2.63. The minimum Gasteiger partial charge on any atom is -0.478 e. The van der Waals surface area contributed by atoms with Gasteiger partial charge >= 0.3 is 5.97 Å². The number of hydrogen-bond donors (Lipinski definition) is 2. The smallest absolute Gasteiger partial charge is 0.337 e. The normalized spacial score (nSPS) is 11.4. The molecule has 0 fully saturated rings. The van der Waals surface area contributed by atoms with E-state index in [0.29, 0.717) is 11.6 Å². The predicted octanol–water partition coefficient (Wildman–Crippen LogP) is 2.86. The number of hydrogen-bond acceptors (Lipinski definition) is 2. The van der Waals surface area contributed by atoms with Crippen molar-refractivity contribution in [3.05, 3.63) is 35.5 Å². The highest BCUT2D eigenvalue weighted by atomic mass is 16.4. The number of carboxylic acid groups (broad SMARTS) is 1. The molecule has 102 valence electrons. The zero-order valence-corrected chi connectivity index (χ0v) is 11.6. The van der Waals surface area contributed by atoms with Gasteiger partial charge in [0, 0.05) is 30.7 Å². The molecule has 2 aromatic rings. The van der Waals surface area contributed by atoms with Crippen LogP contribution in [0.5, 0.6) is 0 Å². The molecule has 0 aliphatic carbocycles. The molecule has 0 aliphatic rings. The van der Waals surface area contributed by atoms with Crippen molar-refractivity contribution < 1.29 is 9.90 Å². The second kappa shape index (κ2) is 5.45. The zero-order chi connectivity index (χ0) is 14.0. The van der Waals surface area contributed by atoms with Crippen LogP contribution in [0.1, 0.15) is 36.7 Å². The Hall–Kier alpha value is -1.81. The lowest BCUT2D eigenvalue weighted by molar-refractivity contribution is 0.0698. The molecule has 2 N–H and O–H groups in total. The molecule has 0 saturated carbocycles. The molecule has 0 spiro atoms. The molecule has 1 heterocycles. The monoisotopic (exact) mass is 260 g/mol. The largest absolute Gasteiger partial charge is 0.478 e. The number of nitrogens with one attached hydrogen (secondary N) is 1. The van der Waals surface area contributed by atoms with Crippen LogP contribution in [-0.4, -0.2) is 21.7 Å². The van der Waals surface area contributed by atoms with Gasteiger partial charge in [-0.25, -0.2) is 4.79 Å². The van der Waals surface area contributed by atoms with E-state index in [2.05, 4.69) is 19.2 Å². The van der Waals surface area contributed by atoms with Crippen molar-refractivity contribution in [1.82, 2.24) is 9.88 Å². The maximum atomic E-state index is 11.3. The van der Waals surface area contributed by atoms with Crippen LogP contribution in [0.25, 0.3) is 10.9 Å². The topological polar surface area (TPSA) is 54.3 Å². The second-order valence-corrected chi connectivity index (χ2v) is 4.98. The molecule has 4 heteroatoms. The van der Waals surface area contributed by atoms with E-state index < -0.39 is 5.97 Å². The van der Waals surface area contributed by atoms with Gasteiger partial charge < -0.3 is 15.0 Å². The van der Waals surface area contributed by atoms with Crippen LogP contribution in [0.2, 0.25) is 0 Å². The molecular weight excluding hydrogens is 240 g/mol. The van der Waals surface area contributed by atoms with Crippen molar-refractivity contribution in [2.75, 3.05) is 0 Å². The number of aryl methyl sites for hydroxylation is 1. The summed E-state index contributed by atoms with van der Waals surface area (Å²) in [5.41, 5.74) is 2.34. The summed E-state index contributed by atoms with van der Waals surface area (Å²) >= 11 is 0. The predicted molar refractivity (Wildman–Crippen MR) is 76.5 cm³/mol. The lowest BCUT2D eigenvalue weighted by Crippen LogP contribution is -2.21. The van der Waals surface area contributed by atoms with E-state index in [1.807, 2.05) is 29.8 Å². The van der Waals surface area contributed by atoms with Gasteiger partial charge in [-0.2, -0.15) is 0 Å². The first-order valence-electron chi connectivity index (χ1n) is 6.62. The Bertz CT molecular complexity index is 599. The number of aromatic carboxylic acids is 1. The van der Waals surface area contributed by atoms with E-state index >= 15 is 0 Å². The summed E-state index contributed by atoms with van der Waals surface area (Å²) in [4.78, 5) is 11.3. The van der Waals surface area contributed by atoms with Crippen molar-refractivity contribution in [3.8, 4) is 0 Å². The molecule has 0 saturated heterocycles. The number of carbonyl (C=O) groups is 1. The van der Waals surface area contributed by atoms with E-state index in [4.69, 9.17) is 0 Å². The molecule has 1 aromatic heterocycles. The second-order valence-electron chi connectivity index (χ2n) is 4.98. The van der Waals surface area contributed by atoms with Gasteiger partial charge in [-0.05, 0) is 18.6 Å². The molecule has 0 radical (unpaired) electrons. The summed E-state index contributed by atoms with van der Waals surface area (Å²) < 4.78 is 2.01. The molecule has 0 atom stereocenters. The SMILES string of the molecule is CCn1cc(CNC(C)C)c2cccc(C(=O)O)c21. The fourth-order valence-electron chi connectivity index (χ4n) is 2.31. The van der Waals surface area contributed by atoms with Gasteiger partial charge in [0.2, 0.25) is 0 Å². The van der Waals surface area contributed by atoms with Crippen LogP contribution in [0.15, 0.2) is 24.4 Å². The molecule has 0 aliphatic heterocycles. The number of aromatic nitrogens is 1. The average molecular weight is 260 g/mol. The van der Waals surface area contributed by atoms with E-state index in [1.54, 1.807) is 6.07 Å². The van der Waals surface area contributed by atoms with Gasteiger partial charge in [-0.15, -0.1) is 0 Å². The van der Waals surface area contributed by atoms with Crippen molar-refractivity contribution in [1.29, 1.82) is 0 Å². The Kier molecular flexibility index (Phi) is 3.90. The Balaban J connectivity index is 2.56. The zero-order valence-electron chi connectivity index (χ0n) is 11.6. The van der Waals surface area contributed by atoms with Gasteiger partial charge in [0.05, 0.1) is 11.1 Å². The maximum Gasteiger partial charge on any atom is 0.337 e. The van der Waals surface area contributed by atoms with Crippen LogP contribution < -0.4 is 5.32 Å². The average Bonchev–Trinajstić information content (AvgIpc) is 2.74. The van der Waals surface area contributed by atoms with Gasteiger partial charge in [0.25, 0.3) is 0 Å². The van der Waals surface area contributed by atoms with Gasteiger partial charge in [-0.1, -0.05) is 26.0 Å². The molecule has 1 aromatic carbocycles. The Morgan fingerprint density at radius 2 is 2.16 bits per heavy atom. The summed E-state index contributed by atoms with van der Waals surface area (Å²) in [7, 11) is 0. The van der Waals surface area contributed by atoms with Crippen molar-refractivity contribution in [3.63, 3.8) is 0 Å². The molecule has 0 unspecified atom stereocenters. The lowest BCUT2D eigenvalue weighted by atomic mass is 10.1. The minimum absolute atomic E-state index is 0.371. The standard InChI is InChI=1S/C15H20N2O2/c1-4-17-9-11(8-16-10(2)3)12-6-5-7-13(14(12)17)15(18)19/h5-7,9-10,16H,4,8H2,1-3H3,(H,18,19). The minimum atomic E-state index is -0.873. The highest BCUT2D eigenvalue weighted by Crippen LogP contribution is 2.25. The third-order valence-electron chi connectivity index (χ3n) is 3.25. The van der Waals surface area contributed by atoms with Crippen LogP contribution in [0.4, 0.5) is 0 Å². The number of carboxylic acids is 1. The highest BCUT2D eigenvalue weighted by molar-refractivity contribution is 6.03. The maximum absolute atomic E-state index is 11.3. The molecule has 4 nitrogen and oxygen atoms in total. The summed E-state index contributed by atoms with van der Waals surface area (Å²) in [5.74, 6) is -0.873. The quantitative estimate of drug-likeness (QED) is 0.869. The van der Waals surface area contributed by atoms with Gasteiger partial charge in [0.1, 0.15) is 0 Å². The number of rotatable bonds is 5. The third-order valence-corrected chi connectivity index (χ3v) is 3.25. The first-order chi connectivity index (χ1) is 9.04. The molecule has 19 heavy (non-hydrogen) atoms. The molecular formula is C15H20N2O2. The fourth-order valence-corrected chi connectivity index (χ4v) is 2.31. The van der Waals surface area contributed by atoms with Gasteiger partial charge in [0.15, 0.2) is 0 Å². The number of para-hydroxylation sites is 1. The summed E-state index contributed by atoms with van der Waals surface area (Å²) in [6.07, 6.45) is 2.05. The molecule has 0 amide bonds. The van der Waals surface area contributed by atoms with Crippen molar-refractivity contribution >= 4 is 16.9 Å². The van der Waals surface area contributed by atoms with E-state index in [0.717, 1.165) is 29.6 Å². The summed E-state index contributed by atoms with van der Waals surface area (Å²) in [6, 6.07) is 5.87. The van der Waals surface area contributed by atoms with E-state index in [1.165, 1.54) is 0 Å². The van der Waals surface area contributed by atoms with Crippen LogP contribution in [0, 0.1) is 0 Å². The van der Waals surface area contributed by atoms with E-state index in [9.17, 15) is 9.90 Å². The van der Waals surface area contributed by atoms with Gasteiger partial charge in [-0.3, -0.25) is 0 Å². The number of nitrogens with zero attached hydrogens (tertiary/aromatic N) is 1. The Morgan fingerprint density at radius 3 is 2.74 bits per heavy atom. The Labute approximate surface area is 113 Å². The molecule has 2 rings (SSSR count).